The first-order valence-electron chi connectivity index (χ1n) is 9.96. The molecule has 1 N–H and O–H groups in total. The summed E-state index contributed by atoms with van der Waals surface area (Å²) < 4.78 is 5.30. The highest BCUT2D eigenvalue weighted by atomic mass is 32.1. The molecule has 1 aromatic heterocycles. The number of nitrogens with one attached hydrogen (secondary N) is 1. The summed E-state index contributed by atoms with van der Waals surface area (Å²) in [7, 11) is 2.09. The molecule has 2 heterocycles. The number of hydrogen-bond donors (Lipinski definition) is 1. The Labute approximate surface area is 176 Å². The minimum atomic E-state index is -0.404. The van der Waals surface area contributed by atoms with E-state index in [0.717, 1.165) is 42.9 Å². The van der Waals surface area contributed by atoms with Gasteiger partial charge in [-0.25, -0.2) is 4.79 Å². The second-order valence-electron chi connectivity index (χ2n) is 7.52. The second-order valence-corrected chi connectivity index (χ2v) is 8.40. The van der Waals surface area contributed by atoms with Crippen LogP contribution in [0.15, 0.2) is 23.6 Å². The molecule has 3 rings (SSSR count). The molecule has 6 nitrogen and oxygen atoms in total. The molecule has 1 amide bonds. The molecule has 0 aliphatic carbocycles. The summed E-state index contributed by atoms with van der Waals surface area (Å²) in [5.41, 5.74) is 4.48. The summed E-state index contributed by atoms with van der Waals surface area (Å²) in [4.78, 5) is 29.8. The van der Waals surface area contributed by atoms with Crippen molar-refractivity contribution >= 4 is 28.2 Å². The lowest BCUT2D eigenvalue weighted by Gasteiger charge is -2.31. The van der Waals surface area contributed by atoms with Crippen LogP contribution < -0.4 is 5.32 Å². The Morgan fingerprint density at radius 2 is 1.86 bits per heavy atom. The molecule has 156 valence electrons. The first-order chi connectivity index (χ1) is 13.9. The molecule has 0 saturated carbocycles. The summed E-state index contributed by atoms with van der Waals surface area (Å²) in [6, 6.07) is 6.14. The van der Waals surface area contributed by atoms with E-state index in [1.807, 2.05) is 31.4 Å². The van der Waals surface area contributed by atoms with Crippen LogP contribution in [0, 0.1) is 13.8 Å². The van der Waals surface area contributed by atoms with Crippen LogP contribution in [0.25, 0.3) is 11.1 Å². The standard InChI is InChI=1S/C22H29N3O3S/c1-5-28-22(27)20-18(17-7-6-15(2)12-16(17)3)14-29-21(20)23-19(26)13-25-10-8-24(4)9-11-25/h6-7,12,14H,5,8-11,13H2,1-4H3,(H,23,26). The molecule has 7 heteroatoms. The van der Waals surface area contributed by atoms with E-state index in [4.69, 9.17) is 4.74 Å². The lowest BCUT2D eigenvalue weighted by atomic mass is 9.97. The summed E-state index contributed by atoms with van der Waals surface area (Å²) in [5.74, 6) is -0.507. The highest BCUT2D eigenvalue weighted by Gasteiger charge is 2.24. The first-order valence-corrected chi connectivity index (χ1v) is 10.8. The predicted octanol–water partition coefficient (Wildman–Crippen LogP) is 3.39. The molecule has 0 bridgehead atoms. The van der Waals surface area contributed by atoms with Gasteiger partial charge in [0, 0.05) is 37.1 Å². The van der Waals surface area contributed by atoms with Gasteiger partial charge in [-0.2, -0.15) is 0 Å². The number of hydrogen-bond acceptors (Lipinski definition) is 6. The number of anilines is 1. The number of carbonyl (C=O) groups is 2. The van der Waals surface area contributed by atoms with E-state index in [2.05, 4.69) is 28.2 Å². The van der Waals surface area contributed by atoms with Crippen molar-refractivity contribution in [3.8, 4) is 11.1 Å². The van der Waals surface area contributed by atoms with Gasteiger partial charge in [0.1, 0.15) is 10.6 Å². The van der Waals surface area contributed by atoms with Crippen LogP contribution in [0.2, 0.25) is 0 Å². The number of benzene rings is 1. The fourth-order valence-electron chi connectivity index (χ4n) is 3.55. The van der Waals surface area contributed by atoms with Gasteiger partial charge in [0.2, 0.25) is 5.91 Å². The largest absolute Gasteiger partial charge is 0.462 e. The predicted molar refractivity (Wildman–Crippen MR) is 118 cm³/mol. The average molecular weight is 416 g/mol. The zero-order valence-electron chi connectivity index (χ0n) is 17.6. The van der Waals surface area contributed by atoms with E-state index in [0.29, 0.717) is 17.1 Å². The fraction of sp³-hybridized carbons (Fsp3) is 0.455. The number of esters is 1. The summed E-state index contributed by atoms with van der Waals surface area (Å²) >= 11 is 1.37. The number of piperazine rings is 1. The van der Waals surface area contributed by atoms with E-state index < -0.39 is 5.97 Å². The molecule has 0 unspecified atom stereocenters. The third-order valence-electron chi connectivity index (χ3n) is 5.16. The molecule has 1 aromatic carbocycles. The SMILES string of the molecule is CCOC(=O)c1c(-c2ccc(C)cc2C)csc1NC(=O)CN1CCN(C)CC1. The van der Waals surface area contributed by atoms with Gasteiger partial charge in [-0.05, 0) is 38.9 Å². The van der Waals surface area contributed by atoms with Crippen LogP contribution in [0.1, 0.15) is 28.4 Å². The van der Waals surface area contributed by atoms with Crippen molar-refractivity contribution < 1.29 is 14.3 Å². The van der Waals surface area contributed by atoms with Crippen LogP contribution in [0.5, 0.6) is 0 Å². The molecule has 0 atom stereocenters. The number of rotatable bonds is 6. The van der Waals surface area contributed by atoms with Crippen LogP contribution in [-0.4, -0.2) is 68.1 Å². The van der Waals surface area contributed by atoms with Crippen LogP contribution >= 0.6 is 11.3 Å². The molecular formula is C22H29N3O3S. The van der Waals surface area contributed by atoms with E-state index >= 15 is 0 Å². The van der Waals surface area contributed by atoms with Crippen LogP contribution in [0.3, 0.4) is 0 Å². The number of amides is 1. The maximum absolute atomic E-state index is 12.7. The zero-order chi connectivity index (χ0) is 21.0. The van der Waals surface area contributed by atoms with Gasteiger partial charge < -0.3 is 15.0 Å². The third kappa shape index (κ3) is 5.23. The number of nitrogens with zero attached hydrogens (tertiary/aromatic N) is 2. The van der Waals surface area contributed by atoms with Crippen molar-refractivity contribution in [2.75, 3.05) is 51.7 Å². The van der Waals surface area contributed by atoms with E-state index in [1.54, 1.807) is 6.92 Å². The molecule has 0 spiro atoms. The van der Waals surface area contributed by atoms with Crippen molar-refractivity contribution in [3.05, 3.63) is 40.3 Å². The average Bonchev–Trinajstić information content (AvgIpc) is 3.07. The Balaban J connectivity index is 1.83. The monoisotopic (exact) mass is 415 g/mol. The molecule has 2 aromatic rings. The molecule has 29 heavy (non-hydrogen) atoms. The van der Waals surface area contributed by atoms with Crippen LogP contribution in [0.4, 0.5) is 5.00 Å². The van der Waals surface area contributed by atoms with Gasteiger partial charge in [0.05, 0.1) is 13.2 Å². The Hall–Kier alpha value is -2.22. The molecule has 1 fully saturated rings. The minimum absolute atomic E-state index is 0.103. The molecule has 1 saturated heterocycles. The summed E-state index contributed by atoms with van der Waals surface area (Å²) in [5, 5.41) is 5.43. The maximum Gasteiger partial charge on any atom is 0.341 e. The van der Waals surface area contributed by atoms with Crippen molar-refractivity contribution in [1.29, 1.82) is 0 Å². The molecular weight excluding hydrogens is 386 g/mol. The van der Waals surface area contributed by atoms with Crippen molar-refractivity contribution in [2.45, 2.75) is 20.8 Å². The highest BCUT2D eigenvalue weighted by molar-refractivity contribution is 7.15. The summed E-state index contributed by atoms with van der Waals surface area (Å²) in [6.45, 7) is 10.1. The van der Waals surface area contributed by atoms with Gasteiger partial charge in [-0.3, -0.25) is 9.69 Å². The lowest BCUT2D eigenvalue weighted by Crippen LogP contribution is -2.47. The van der Waals surface area contributed by atoms with Crippen molar-refractivity contribution in [3.63, 3.8) is 0 Å². The Morgan fingerprint density at radius 1 is 1.14 bits per heavy atom. The Morgan fingerprint density at radius 3 is 2.52 bits per heavy atom. The molecule has 0 radical (unpaired) electrons. The normalized spacial score (nSPS) is 15.3. The fourth-order valence-corrected chi connectivity index (χ4v) is 4.51. The zero-order valence-corrected chi connectivity index (χ0v) is 18.4. The Bertz CT molecular complexity index is 885. The van der Waals surface area contributed by atoms with Gasteiger partial charge in [0.25, 0.3) is 0 Å². The third-order valence-corrected chi connectivity index (χ3v) is 6.05. The smallest absolute Gasteiger partial charge is 0.341 e. The molecule has 1 aliphatic rings. The van der Waals surface area contributed by atoms with E-state index in [9.17, 15) is 9.59 Å². The number of likely N-dealkylation sites (N-methyl/N-ethyl adjacent to an activating group) is 1. The highest BCUT2D eigenvalue weighted by Crippen LogP contribution is 2.37. The quantitative estimate of drug-likeness (QED) is 0.733. The Kier molecular flexibility index (Phi) is 7.05. The molecule has 1 aliphatic heterocycles. The number of ether oxygens (including phenoxy) is 1. The first kappa shape index (κ1) is 21.5. The van der Waals surface area contributed by atoms with Crippen LogP contribution in [-0.2, 0) is 9.53 Å². The van der Waals surface area contributed by atoms with Gasteiger partial charge in [-0.15, -0.1) is 11.3 Å². The van der Waals surface area contributed by atoms with Gasteiger partial charge in [-0.1, -0.05) is 23.8 Å². The summed E-state index contributed by atoms with van der Waals surface area (Å²) in [6.07, 6.45) is 0. The maximum atomic E-state index is 12.7. The van der Waals surface area contributed by atoms with Gasteiger partial charge >= 0.3 is 5.97 Å². The number of carbonyl (C=O) groups excluding carboxylic acids is 2. The van der Waals surface area contributed by atoms with E-state index in [-0.39, 0.29) is 12.5 Å². The second kappa shape index (κ2) is 9.52. The minimum Gasteiger partial charge on any atom is -0.462 e. The van der Waals surface area contributed by atoms with Gasteiger partial charge in [0.15, 0.2) is 0 Å². The number of thiophene rings is 1. The van der Waals surface area contributed by atoms with Crippen molar-refractivity contribution in [2.24, 2.45) is 0 Å². The van der Waals surface area contributed by atoms with Crippen molar-refractivity contribution in [1.82, 2.24) is 9.80 Å². The topological polar surface area (TPSA) is 61.9 Å². The number of aryl methyl sites for hydroxylation is 2. The van der Waals surface area contributed by atoms with E-state index in [1.165, 1.54) is 16.9 Å². The lowest BCUT2D eigenvalue weighted by molar-refractivity contribution is -0.117.